The zero-order valence-electron chi connectivity index (χ0n) is 15.1. The lowest BCUT2D eigenvalue weighted by molar-refractivity contribution is 0.0422. The monoisotopic (exact) mass is 375 g/mol. The van der Waals surface area contributed by atoms with Gasteiger partial charge in [-0.15, -0.1) is 5.10 Å². The minimum Gasteiger partial charge on any atom is -0.451 e. The fourth-order valence-corrected chi connectivity index (χ4v) is 2.57. The second-order valence-corrected chi connectivity index (χ2v) is 6.24. The van der Waals surface area contributed by atoms with E-state index in [-0.39, 0.29) is 18.2 Å². The van der Waals surface area contributed by atoms with Gasteiger partial charge in [0, 0.05) is 5.56 Å². The van der Waals surface area contributed by atoms with E-state index in [4.69, 9.17) is 9.26 Å². The Labute approximate surface area is 160 Å². The predicted molar refractivity (Wildman–Crippen MR) is 99.2 cm³/mol. The highest BCUT2D eigenvalue weighted by molar-refractivity contribution is 5.86. The van der Waals surface area contributed by atoms with Gasteiger partial charge in [-0.25, -0.2) is 9.48 Å². The van der Waals surface area contributed by atoms with Crippen molar-refractivity contribution in [1.82, 2.24) is 25.1 Å². The Morgan fingerprint density at radius 2 is 1.89 bits per heavy atom. The van der Waals surface area contributed by atoms with E-state index in [1.54, 1.807) is 10.9 Å². The summed E-state index contributed by atoms with van der Waals surface area (Å²) in [7, 11) is 0. The average Bonchev–Trinajstić information content (AvgIpc) is 3.37. The molecule has 0 atom stereocenters. The molecule has 4 aromatic rings. The first-order chi connectivity index (χ1) is 13.7. The minimum absolute atomic E-state index is 0.120. The molecule has 4 rings (SSSR count). The molecule has 0 saturated carbocycles. The minimum atomic E-state index is -0.602. The van der Waals surface area contributed by atoms with Crippen LogP contribution in [0, 0.1) is 6.92 Å². The zero-order valence-corrected chi connectivity index (χ0v) is 15.1. The van der Waals surface area contributed by atoms with E-state index in [1.807, 2.05) is 61.5 Å². The van der Waals surface area contributed by atoms with E-state index in [0.717, 1.165) is 16.7 Å². The maximum atomic E-state index is 12.2. The van der Waals surface area contributed by atoms with Crippen LogP contribution >= 0.6 is 0 Å². The van der Waals surface area contributed by atoms with Crippen LogP contribution in [-0.4, -0.2) is 31.1 Å². The molecule has 2 aromatic heterocycles. The number of nitrogens with zero attached hydrogens (tertiary/aromatic N) is 5. The van der Waals surface area contributed by atoms with Crippen molar-refractivity contribution in [2.45, 2.75) is 20.1 Å². The lowest BCUT2D eigenvalue weighted by atomic mass is 10.1. The third-order valence-corrected chi connectivity index (χ3v) is 4.04. The molecule has 0 N–H and O–H groups in total. The third-order valence-electron chi connectivity index (χ3n) is 4.04. The van der Waals surface area contributed by atoms with Crippen LogP contribution in [0.2, 0.25) is 0 Å². The van der Waals surface area contributed by atoms with Crippen LogP contribution in [0.15, 0.2) is 65.3 Å². The van der Waals surface area contributed by atoms with E-state index >= 15 is 0 Å². The first-order valence-electron chi connectivity index (χ1n) is 8.68. The molecule has 0 aliphatic rings. The van der Waals surface area contributed by atoms with Gasteiger partial charge in [0.25, 0.3) is 5.89 Å². The summed E-state index contributed by atoms with van der Waals surface area (Å²) in [6.07, 6.45) is 1.54. The van der Waals surface area contributed by atoms with Crippen LogP contribution in [0.3, 0.4) is 0 Å². The highest BCUT2D eigenvalue weighted by Gasteiger charge is 2.15. The molecule has 0 radical (unpaired) electrons. The van der Waals surface area contributed by atoms with Crippen molar-refractivity contribution in [3.8, 4) is 11.4 Å². The van der Waals surface area contributed by atoms with E-state index in [9.17, 15) is 4.79 Å². The molecule has 0 bridgehead atoms. The van der Waals surface area contributed by atoms with Crippen molar-refractivity contribution in [3.63, 3.8) is 0 Å². The molecular formula is C20H17N5O3. The van der Waals surface area contributed by atoms with Gasteiger partial charge in [0.1, 0.15) is 0 Å². The van der Waals surface area contributed by atoms with Gasteiger partial charge in [-0.1, -0.05) is 70.5 Å². The van der Waals surface area contributed by atoms with Gasteiger partial charge in [-0.2, -0.15) is 4.98 Å². The SMILES string of the molecule is Cc1ccc(-c2noc(COC(=O)c3cn(Cc4ccccc4)nn3)n2)cc1. The maximum Gasteiger partial charge on any atom is 0.361 e. The molecule has 8 nitrogen and oxygen atoms in total. The highest BCUT2D eigenvalue weighted by Crippen LogP contribution is 2.16. The van der Waals surface area contributed by atoms with E-state index in [1.165, 1.54) is 0 Å². The number of aryl methyl sites for hydroxylation is 1. The average molecular weight is 375 g/mol. The number of carbonyl (C=O) groups is 1. The molecule has 2 aromatic carbocycles. The molecule has 0 aliphatic heterocycles. The fraction of sp³-hybridized carbons (Fsp3) is 0.150. The predicted octanol–water partition coefficient (Wildman–Crippen LogP) is 3.04. The molecule has 8 heteroatoms. The molecule has 28 heavy (non-hydrogen) atoms. The Bertz CT molecular complexity index is 1070. The first-order valence-corrected chi connectivity index (χ1v) is 8.68. The molecule has 0 fully saturated rings. The summed E-state index contributed by atoms with van der Waals surface area (Å²) >= 11 is 0. The van der Waals surface area contributed by atoms with Crippen LogP contribution in [0.5, 0.6) is 0 Å². The second kappa shape index (κ2) is 7.83. The smallest absolute Gasteiger partial charge is 0.361 e. The Hall–Kier alpha value is -3.81. The standard InChI is InChI=1S/C20H17N5O3/c1-14-7-9-16(10-8-14)19-21-18(28-23-19)13-27-20(26)17-12-25(24-22-17)11-15-5-3-2-4-6-15/h2-10,12H,11,13H2,1H3. The summed E-state index contributed by atoms with van der Waals surface area (Å²) in [4.78, 5) is 16.4. The molecule has 140 valence electrons. The van der Waals surface area contributed by atoms with E-state index in [0.29, 0.717) is 12.4 Å². The van der Waals surface area contributed by atoms with Crippen LogP contribution in [0.25, 0.3) is 11.4 Å². The number of rotatable bonds is 6. The van der Waals surface area contributed by atoms with Crippen molar-refractivity contribution in [2.24, 2.45) is 0 Å². The van der Waals surface area contributed by atoms with E-state index in [2.05, 4.69) is 20.5 Å². The topological polar surface area (TPSA) is 95.9 Å². The van der Waals surface area contributed by atoms with Crippen LogP contribution in [-0.2, 0) is 17.9 Å². The Morgan fingerprint density at radius 3 is 2.68 bits per heavy atom. The molecule has 0 saturated heterocycles. The van der Waals surface area contributed by atoms with Crippen molar-refractivity contribution in [2.75, 3.05) is 0 Å². The van der Waals surface area contributed by atoms with Crippen molar-refractivity contribution < 1.29 is 14.1 Å². The van der Waals surface area contributed by atoms with Gasteiger partial charge >= 0.3 is 5.97 Å². The number of aromatic nitrogens is 5. The fourth-order valence-electron chi connectivity index (χ4n) is 2.57. The number of carbonyl (C=O) groups excluding carboxylic acids is 1. The van der Waals surface area contributed by atoms with Crippen LogP contribution in [0.1, 0.15) is 27.5 Å². The quantitative estimate of drug-likeness (QED) is 0.478. The lowest BCUT2D eigenvalue weighted by Crippen LogP contribution is -2.06. The van der Waals surface area contributed by atoms with E-state index < -0.39 is 5.97 Å². The Balaban J connectivity index is 1.35. The lowest BCUT2D eigenvalue weighted by Gasteiger charge is -1.99. The maximum absolute atomic E-state index is 12.2. The normalized spacial score (nSPS) is 10.8. The summed E-state index contributed by atoms with van der Waals surface area (Å²) in [6, 6.07) is 17.5. The molecule has 2 heterocycles. The third kappa shape index (κ3) is 4.12. The van der Waals surface area contributed by atoms with Gasteiger partial charge in [0.2, 0.25) is 5.82 Å². The summed E-state index contributed by atoms with van der Waals surface area (Å²) < 4.78 is 11.9. The van der Waals surface area contributed by atoms with Crippen molar-refractivity contribution in [3.05, 3.63) is 83.5 Å². The summed E-state index contributed by atoms with van der Waals surface area (Å²) in [5, 5.41) is 11.7. The number of esters is 1. The Kier molecular flexibility index (Phi) is 4.92. The van der Waals surface area contributed by atoms with Gasteiger partial charge in [-0.3, -0.25) is 0 Å². The molecular weight excluding hydrogens is 358 g/mol. The van der Waals surface area contributed by atoms with Gasteiger partial charge < -0.3 is 9.26 Å². The Morgan fingerprint density at radius 1 is 1.11 bits per heavy atom. The molecule has 0 unspecified atom stereocenters. The summed E-state index contributed by atoms with van der Waals surface area (Å²) in [5.41, 5.74) is 3.15. The van der Waals surface area contributed by atoms with Gasteiger partial charge in [0.15, 0.2) is 12.3 Å². The molecule has 0 spiro atoms. The highest BCUT2D eigenvalue weighted by atomic mass is 16.6. The number of ether oxygens (including phenoxy) is 1. The van der Waals surface area contributed by atoms with Crippen molar-refractivity contribution in [1.29, 1.82) is 0 Å². The van der Waals surface area contributed by atoms with Crippen LogP contribution < -0.4 is 0 Å². The molecule has 0 aliphatic carbocycles. The molecule has 0 amide bonds. The van der Waals surface area contributed by atoms with Gasteiger partial charge in [-0.05, 0) is 12.5 Å². The second-order valence-electron chi connectivity index (χ2n) is 6.24. The summed E-state index contributed by atoms with van der Waals surface area (Å²) in [6.45, 7) is 2.38. The zero-order chi connectivity index (χ0) is 19.3. The summed E-state index contributed by atoms with van der Waals surface area (Å²) in [5.74, 6) is 0.0508. The van der Waals surface area contributed by atoms with Crippen molar-refractivity contribution >= 4 is 5.97 Å². The van der Waals surface area contributed by atoms with Gasteiger partial charge in [0.05, 0.1) is 12.7 Å². The first kappa shape index (κ1) is 17.6. The number of hydrogen-bond donors (Lipinski definition) is 0. The largest absolute Gasteiger partial charge is 0.451 e. The number of benzene rings is 2. The van der Waals surface area contributed by atoms with Crippen LogP contribution in [0.4, 0.5) is 0 Å². The number of hydrogen-bond acceptors (Lipinski definition) is 7.